The first-order chi connectivity index (χ1) is 8.84. The van der Waals surface area contributed by atoms with Crippen LogP contribution in [0.1, 0.15) is 20.3 Å². The van der Waals surface area contributed by atoms with E-state index in [4.69, 9.17) is 28.3 Å². The highest BCUT2D eigenvalue weighted by Gasteiger charge is 2.23. The summed E-state index contributed by atoms with van der Waals surface area (Å²) in [6, 6.07) is 4.90. The van der Waals surface area contributed by atoms with E-state index in [-0.39, 0.29) is 24.8 Å². The molecule has 0 radical (unpaired) electrons. The molecule has 0 spiro atoms. The van der Waals surface area contributed by atoms with Crippen molar-refractivity contribution >= 4 is 40.8 Å². The molecule has 0 unspecified atom stereocenters. The second-order valence-corrected chi connectivity index (χ2v) is 5.17. The number of benzene rings is 1. The van der Waals surface area contributed by atoms with Gasteiger partial charge in [0.05, 0.1) is 22.2 Å². The van der Waals surface area contributed by atoms with Crippen LogP contribution < -0.4 is 4.90 Å². The highest BCUT2D eigenvalue weighted by atomic mass is 35.5. The Morgan fingerprint density at radius 2 is 1.79 bits per heavy atom. The first-order valence-corrected chi connectivity index (χ1v) is 6.57. The summed E-state index contributed by atoms with van der Waals surface area (Å²) >= 11 is 12.1. The molecule has 1 aromatic carbocycles. The van der Waals surface area contributed by atoms with Crippen LogP contribution in [0.5, 0.6) is 0 Å². The standard InChI is InChI=1S/C13H15Cl2NO3/c1-8(2)13(19)16(7-6-11(17)18)12-9(14)4-3-5-10(12)15/h3-5,8H,6-7H2,1-2H3,(H,17,18). The zero-order valence-electron chi connectivity index (χ0n) is 10.7. The van der Waals surface area contributed by atoms with Gasteiger partial charge in [0.2, 0.25) is 5.91 Å². The summed E-state index contributed by atoms with van der Waals surface area (Å²) < 4.78 is 0. The molecule has 0 heterocycles. The number of carboxylic acid groups (broad SMARTS) is 1. The maximum atomic E-state index is 12.2. The average molecular weight is 304 g/mol. The molecule has 1 rings (SSSR count). The Hall–Kier alpha value is -1.26. The van der Waals surface area contributed by atoms with Crippen molar-refractivity contribution < 1.29 is 14.7 Å². The van der Waals surface area contributed by atoms with Gasteiger partial charge in [-0.2, -0.15) is 0 Å². The molecule has 104 valence electrons. The van der Waals surface area contributed by atoms with Gasteiger partial charge >= 0.3 is 5.97 Å². The van der Waals surface area contributed by atoms with Gasteiger partial charge in [-0.1, -0.05) is 43.1 Å². The Kier molecular flexibility index (Phi) is 5.63. The second kappa shape index (κ2) is 6.78. The molecule has 0 aliphatic heterocycles. The summed E-state index contributed by atoms with van der Waals surface area (Å²) in [6.07, 6.45) is -0.167. The van der Waals surface area contributed by atoms with Gasteiger partial charge in [-0.05, 0) is 12.1 Å². The number of carbonyl (C=O) groups excluding carboxylic acids is 1. The molecule has 6 heteroatoms. The molecule has 0 aliphatic carbocycles. The van der Waals surface area contributed by atoms with Gasteiger partial charge in [0.15, 0.2) is 0 Å². The number of hydrogen-bond acceptors (Lipinski definition) is 2. The first kappa shape index (κ1) is 15.8. The molecule has 0 fully saturated rings. The summed E-state index contributed by atoms with van der Waals surface area (Å²) in [5.74, 6) is -1.47. The zero-order chi connectivity index (χ0) is 14.6. The molecule has 4 nitrogen and oxygen atoms in total. The third-order valence-corrected chi connectivity index (χ3v) is 3.13. The van der Waals surface area contributed by atoms with E-state index in [0.717, 1.165) is 0 Å². The van der Waals surface area contributed by atoms with Crippen molar-refractivity contribution in [2.75, 3.05) is 11.4 Å². The highest BCUT2D eigenvalue weighted by molar-refractivity contribution is 6.39. The maximum Gasteiger partial charge on any atom is 0.305 e. The van der Waals surface area contributed by atoms with Crippen LogP contribution in [0.3, 0.4) is 0 Å². The summed E-state index contributed by atoms with van der Waals surface area (Å²) in [6.45, 7) is 3.51. The van der Waals surface area contributed by atoms with Crippen molar-refractivity contribution in [1.29, 1.82) is 0 Å². The average Bonchev–Trinajstić information content (AvgIpc) is 2.31. The Bertz CT molecular complexity index is 469. The number of hydrogen-bond donors (Lipinski definition) is 1. The molecular weight excluding hydrogens is 289 g/mol. The normalized spacial score (nSPS) is 10.6. The molecule has 19 heavy (non-hydrogen) atoms. The number of carbonyl (C=O) groups is 2. The number of halogens is 2. The number of amides is 1. The van der Waals surface area contributed by atoms with E-state index < -0.39 is 5.97 Å². The molecule has 0 aromatic heterocycles. The molecule has 0 bridgehead atoms. The number of carboxylic acids is 1. The van der Waals surface area contributed by atoms with E-state index in [2.05, 4.69) is 0 Å². The van der Waals surface area contributed by atoms with Crippen LogP contribution in [-0.4, -0.2) is 23.5 Å². The lowest BCUT2D eigenvalue weighted by atomic mass is 10.1. The van der Waals surface area contributed by atoms with E-state index in [1.165, 1.54) is 4.90 Å². The van der Waals surface area contributed by atoms with Crippen molar-refractivity contribution in [2.45, 2.75) is 20.3 Å². The molecule has 1 aromatic rings. The minimum absolute atomic E-state index is 0.0375. The van der Waals surface area contributed by atoms with Crippen molar-refractivity contribution in [3.63, 3.8) is 0 Å². The molecule has 0 saturated heterocycles. The summed E-state index contributed by atoms with van der Waals surface area (Å²) in [7, 11) is 0. The lowest BCUT2D eigenvalue weighted by Gasteiger charge is -2.26. The Labute approximate surface area is 121 Å². The minimum Gasteiger partial charge on any atom is -0.481 e. The molecule has 0 aliphatic rings. The van der Waals surface area contributed by atoms with Crippen LogP contribution in [0.25, 0.3) is 0 Å². The Morgan fingerprint density at radius 1 is 1.26 bits per heavy atom. The predicted molar refractivity (Wildman–Crippen MR) is 75.9 cm³/mol. The zero-order valence-corrected chi connectivity index (χ0v) is 12.2. The largest absolute Gasteiger partial charge is 0.481 e. The van der Waals surface area contributed by atoms with Crippen LogP contribution in [0, 0.1) is 5.92 Å². The summed E-state index contributed by atoms with van der Waals surface area (Å²) in [5, 5.41) is 9.42. The molecule has 1 N–H and O–H groups in total. The Balaban J connectivity index is 3.15. The first-order valence-electron chi connectivity index (χ1n) is 5.81. The monoisotopic (exact) mass is 303 g/mol. The third kappa shape index (κ3) is 4.11. The quantitative estimate of drug-likeness (QED) is 0.906. The van der Waals surface area contributed by atoms with Gasteiger partial charge in [0.25, 0.3) is 0 Å². The van der Waals surface area contributed by atoms with Crippen LogP contribution in [0.4, 0.5) is 5.69 Å². The third-order valence-electron chi connectivity index (χ3n) is 2.52. The van der Waals surface area contributed by atoms with Crippen LogP contribution >= 0.6 is 23.2 Å². The van der Waals surface area contributed by atoms with Gasteiger partial charge in [-0.25, -0.2) is 0 Å². The lowest BCUT2D eigenvalue weighted by molar-refractivity contribution is -0.136. The van der Waals surface area contributed by atoms with Crippen LogP contribution in [0.2, 0.25) is 10.0 Å². The highest BCUT2D eigenvalue weighted by Crippen LogP contribution is 2.34. The number of aliphatic carboxylic acids is 1. The van der Waals surface area contributed by atoms with Gasteiger partial charge in [0, 0.05) is 12.5 Å². The smallest absolute Gasteiger partial charge is 0.305 e. The van der Waals surface area contributed by atoms with Gasteiger partial charge in [0.1, 0.15) is 0 Å². The Morgan fingerprint density at radius 3 is 2.21 bits per heavy atom. The fraction of sp³-hybridized carbons (Fsp3) is 0.385. The van der Waals surface area contributed by atoms with E-state index in [9.17, 15) is 9.59 Å². The van der Waals surface area contributed by atoms with E-state index in [0.29, 0.717) is 15.7 Å². The van der Waals surface area contributed by atoms with Gasteiger partial charge in [-0.3, -0.25) is 9.59 Å². The number of anilines is 1. The number of para-hydroxylation sites is 1. The number of rotatable bonds is 5. The van der Waals surface area contributed by atoms with E-state index in [1.807, 2.05) is 0 Å². The maximum absolute atomic E-state index is 12.2. The molecule has 0 saturated carbocycles. The minimum atomic E-state index is -0.982. The van der Waals surface area contributed by atoms with Crippen LogP contribution in [0.15, 0.2) is 18.2 Å². The van der Waals surface area contributed by atoms with E-state index in [1.54, 1.807) is 32.0 Å². The van der Waals surface area contributed by atoms with Crippen molar-refractivity contribution in [1.82, 2.24) is 0 Å². The lowest BCUT2D eigenvalue weighted by Crippen LogP contribution is -2.36. The van der Waals surface area contributed by atoms with Gasteiger partial charge in [-0.15, -0.1) is 0 Å². The SMILES string of the molecule is CC(C)C(=O)N(CCC(=O)O)c1c(Cl)cccc1Cl. The summed E-state index contributed by atoms with van der Waals surface area (Å²) in [5.41, 5.74) is 0.366. The van der Waals surface area contributed by atoms with Crippen molar-refractivity contribution in [2.24, 2.45) is 5.92 Å². The van der Waals surface area contributed by atoms with Crippen molar-refractivity contribution in [3.05, 3.63) is 28.2 Å². The topological polar surface area (TPSA) is 57.6 Å². The number of nitrogens with zero attached hydrogens (tertiary/aromatic N) is 1. The predicted octanol–water partition coefficient (Wildman–Crippen LogP) is 3.46. The fourth-order valence-corrected chi connectivity index (χ4v) is 2.20. The molecular formula is C13H15Cl2NO3. The fourth-order valence-electron chi connectivity index (χ4n) is 1.60. The second-order valence-electron chi connectivity index (χ2n) is 4.36. The van der Waals surface area contributed by atoms with E-state index >= 15 is 0 Å². The molecule has 0 atom stereocenters. The summed E-state index contributed by atoms with van der Waals surface area (Å²) in [4.78, 5) is 24.2. The van der Waals surface area contributed by atoms with Crippen LogP contribution in [-0.2, 0) is 9.59 Å². The van der Waals surface area contributed by atoms with Gasteiger partial charge < -0.3 is 10.0 Å². The molecule has 1 amide bonds. The van der Waals surface area contributed by atoms with Crippen molar-refractivity contribution in [3.8, 4) is 0 Å².